The summed E-state index contributed by atoms with van der Waals surface area (Å²) in [4.78, 5) is 29.7. The van der Waals surface area contributed by atoms with Gasteiger partial charge in [0.2, 0.25) is 0 Å². The molecule has 0 atom stereocenters. The average Bonchev–Trinajstić information content (AvgIpc) is 2.98. The Balaban J connectivity index is 1.70. The minimum Gasteiger partial charge on any atom is -0.321 e. The van der Waals surface area contributed by atoms with Crippen LogP contribution < -0.4 is 16.0 Å². The van der Waals surface area contributed by atoms with Crippen LogP contribution in [0.2, 0.25) is 0 Å². The molecule has 3 N–H and O–H groups in total. The van der Waals surface area contributed by atoms with E-state index in [-0.39, 0.29) is 5.91 Å². The van der Waals surface area contributed by atoms with Crippen molar-refractivity contribution in [2.45, 2.75) is 27.7 Å². The number of carbonyl (C=O) groups excluding carboxylic acids is 2. The number of benzene rings is 2. The largest absolute Gasteiger partial charge is 0.325 e. The molecule has 1 aromatic heterocycles. The van der Waals surface area contributed by atoms with E-state index < -0.39 is 6.03 Å². The van der Waals surface area contributed by atoms with Gasteiger partial charge in [0.1, 0.15) is 4.88 Å². The number of para-hydroxylation sites is 1. The summed E-state index contributed by atoms with van der Waals surface area (Å²) in [7, 11) is 0. The van der Waals surface area contributed by atoms with E-state index in [1.54, 1.807) is 6.92 Å². The van der Waals surface area contributed by atoms with Gasteiger partial charge >= 0.3 is 6.03 Å². The van der Waals surface area contributed by atoms with Crippen LogP contribution >= 0.6 is 11.3 Å². The lowest BCUT2D eigenvalue weighted by Gasteiger charge is -2.10. The number of nitrogens with one attached hydrogen (secondary N) is 3. The molecule has 0 aliphatic heterocycles. The number of thiazole rings is 1. The third kappa shape index (κ3) is 4.55. The molecule has 0 fully saturated rings. The molecule has 3 rings (SSSR count). The number of urea groups is 1. The number of aromatic nitrogens is 1. The molecule has 3 amide bonds. The monoisotopic (exact) mass is 394 g/mol. The Morgan fingerprint density at radius 3 is 2.25 bits per heavy atom. The first-order valence-corrected chi connectivity index (χ1v) is 9.65. The number of anilines is 3. The quantitative estimate of drug-likeness (QED) is 0.563. The number of rotatable bonds is 4. The minimum absolute atomic E-state index is 0.237. The van der Waals surface area contributed by atoms with Crippen molar-refractivity contribution in [1.29, 1.82) is 0 Å². The zero-order valence-electron chi connectivity index (χ0n) is 16.2. The Morgan fingerprint density at radius 2 is 1.57 bits per heavy atom. The maximum atomic E-state index is 12.7. The molecule has 0 radical (unpaired) electrons. The maximum Gasteiger partial charge on any atom is 0.325 e. The molecule has 1 heterocycles. The number of amides is 3. The van der Waals surface area contributed by atoms with E-state index >= 15 is 0 Å². The summed E-state index contributed by atoms with van der Waals surface area (Å²) in [6.07, 6.45) is 0. The Labute approximate surface area is 168 Å². The number of nitrogens with zero attached hydrogens (tertiary/aromatic N) is 1. The predicted octanol–water partition coefficient (Wildman–Crippen LogP) is 5.27. The van der Waals surface area contributed by atoms with Crippen molar-refractivity contribution in [3.05, 3.63) is 69.7 Å². The number of aryl methyl sites for hydroxylation is 4. The summed E-state index contributed by atoms with van der Waals surface area (Å²) in [6.45, 7) is 7.60. The van der Waals surface area contributed by atoms with Crippen LogP contribution in [0.4, 0.5) is 21.3 Å². The maximum absolute atomic E-state index is 12.7. The first-order valence-electron chi connectivity index (χ1n) is 8.83. The van der Waals surface area contributed by atoms with E-state index in [0.29, 0.717) is 21.4 Å². The summed E-state index contributed by atoms with van der Waals surface area (Å²) in [5.41, 5.74) is 5.09. The molecular formula is C21H22N4O2S. The van der Waals surface area contributed by atoms with Gasteiger partial charge in [-0.3, -0.25) is 10.1 Å². The Hall–Kier alpha value is -3.19. The van der Waals surface area contributed by atoms with Crippen LogP contribution in [0.5, 0.6) is 0 Å². The fraction of sp³-hybridized carbons (Fsp3) is 0.190. The lowest BCUT2D eigenvalue weighted by atomic mass is 10.1. The summed E-state index contributed by atoms with van der Waals surface area (Å²) in [6, 6.07) is 13.0. The standard InChI is InChI=1S/C21H22N4O2S/c1-12-7-5-10-16(11-12)23-20(27)25-21-22-15(4)18(28-21)19(26)24-17-13(2)8-6-9-14(17)3/h5-11H,1-4H3,(H,24,26)(H2,22,23,25,27). The van der Waals surface area contributed by atoms with Gasteiger partial charge in [0.05, 0.1) is 5.69 Å². The molecular weight excluding hydrogens is 372 g/mol. The number of hydrogen-bond acceptors (Lipinski definition) is 4. The van der Waals surface area contributed by atoms with Gasteiger partial charge < -0.3 is 10.6 Å². The lowest BCUT2D eigenvalue weighted by molar-refractivity contribution is 0.102. The zero-order chi connectivity index (χ0) is 20.3. The second-order valence-electron chi connectivity index (χ2n) is 6.60. The molecule has 3 aromatic rings. The predicted molar refractivity (Wildman–Crippen MR) is 115 cm³/mol. The van der Waals surface area contributed by atoms with Crippen LogP contribution in [0.15, 0.2) is 42.5 Å². The van der Waals surface area contributed by atoms with Gasteiger partial charge in [-0.15, -0.1) is 0 Å². The molecule has 0 spiro atoms. The van der Waals surface area contributed by atoms with Gasteiger partial charge in [-0.25, -0.2) is 9.78 Å². The topological polar surface area (TPSA) is 83.1 Å². The van der Waals surface area contributed by atoms with Gasteiger partial charge in [0.15, 0.2) is 5.13 Å². The van der Waals surface area contributed by atoms with Gasteiger partial charge in [-0.1, -0.05) is 41.7 Å². The van der Waals surface area contributed by atoms with Gasteiger partial charge in [0.25, 0.3) is 5.91 Å². The summed E-state index contributed by atoms with van der Waals surface area (Å²) in [5, 5.41) is 8.77. The molecule has 6 nitrogen and oxygen atoms in total. The van der Waals surface area contributed by atoms with Gasteiger partial charge in [-0.2, -0.15) is 0 Å². The lowest BCUT2D eigenvalue weighted by Crippen LogP contribution is -2.19. The first kappa shape index (κ1) is 19.6. The van der Waals surface area contributed by atoms with Gasteiger partial charge in [0, 0.05) is 11.4 Å². The Morgan fingerprint density at radius 1 is 0.893 bits per heavy atom. The van der Waals surface area contributed by atoms with Crippen molar-refractivity contribution in [1.82, 2.24) is 4.98 Å². The molecule has 28 heavy (non-hydrogen) atoms. The van der Waals surface area contributed by atoms with Crippen molar-refractivity contribution in [3.8, 4) is 0 Å². The molecule has 2 aromatic carbocycles. The molecule has 144 valence electrons. The van der Waals surface area contributed by atoms with E-state index in [1.165, 1.54) is 0 Å². The summed E-state index contributed by atoms with van der Waals surface area (Å²) < 4.78 is 0. The Kier molecular flexibility index (Phi) is 5.75. The van der Waals surface area contributed by atoms with Crippen molar-refractivity contribution < 1.29 is 9.59 Å². The molecule has 0 saturated carbocycles. The molecule has 0 saturated heterocycles. The highest BCUT2D eigenvalue weighted by Crippen LogP contribution is 2.26. The second-order valence-corrected chi connectivity index (χ2v) is 7.60. The molecule has 7 heteroatoms. The van der Waals surface area contributed by atoms with Crippen LogP contribution in [0.25, 0.3) is 0 Å². The van der Waals surface area contributed by atoms with Crippen LogP contribution in [0.1, 0.15) is 32.1 Å². The molecule has 0 bridgehead atoms. The molecule has 0 aliphatic rings. The van der Waals surface area contributed by atoms with Crippen LogP contribution in [-0.4, -0.2) is 16.9 Å². The highest BCUT2D eigenvalue weighted by Gasteiger charge is 2.18. The van der Waals surface area contributed by atoms with Crippen LogP contribution in [-0.2, 0) is 0 Å². The van der Waals surface area contributed by atoms with E-state index in [2.05, 4.69) is 20.9 Å². The highest BCUT2D eigenvalue weighted by atomic mass is 32.1. The summed E-state index contributed by atoms with van der Waals surface area (Å²) in [5.74, 6) is -0.237. The summed E-state index contributed by atoms with van der Waals surface area (Å²) >= 11 is 1.15. The number of carbonyl (C=O) groups is 2. The van der Waals surface area contributed by atoms with Crippen LogP contribution in [0.3, 0.4) is 0 Å². The zero-order valence-corrected chi connectivity index (χ0v) is 17.0. The Bertz CT molecular complexity index is 1020. The van der Waals surface area contributed by atoms with E-state index in [0.717, 1.165) is 33.7 Å². The average molecular weight is 395 g/mol. The van der Waals surface area contributed by atoms with Crippen LogP contribution in [0, 0.1) is 27.7 Å². The fourth-order valence-corrected chi connectivity index (χ4v) is 3.68. The first-order chi connectivity index (χ1) is 13.3. The van der Waals surface area contributed by atoms with E-state index in [1.807, 2.05) is 63.2 Å². The smallest absolute Gasteiger partial charge is 0.321 e. The molecule has 0 aliphatic carbocycles. The third-order valence-electron chi connectivity index (χ3n) is 4.22. The highest BCUT2D eigenvalue weighted by molar-refractivity contribution is 7.17. The SMILES string of the molecule is Cc1cccc(NC(=O)Nc2nc(C)c(C(=O)Nc3c(C)cccc3C)s2)c1. The number of hydrogen-bond donors (Lipinski definition) is 3. The van der Waals surface area contributed by atoms with E-state index in [9.17, 15) is 9.59 Å². The van der Waals surface area contributed by atoms with Crippen molar-refractivity contribution in [2.24, 2.45) is 0 Å². The third-order valence-corrected chi connectivity index (χ3v) is 5.29. The van der Waals surface area contributed by atoms with Gasteiger partial charge in [-0.05, 0) is 56.5 Å². The minimum atomic E-state index is -0.402. The van der Waals surface area contributed by atoms with Crippen molar-refractivity contribution in [3.63, 3.8) is 0 Å². The van der Waals surface area contributed by atoms with Crippen molar-refractivity contribution >= 4 is 39.8 Å². The fourth-order valence-electron chi connectivity index (χ4n) is 2.82. The second kappa shape index (κ2) is 8.22. The van der Waals surface area contributed by atoms with Crippen molar-refractivity contribution in [2.75, 3.05) is 16.0 Å². The normalized spacial score (nSPS) is 10.4. The molecule has 0 unspecified atom stereocenters. The van der Waals surface area contributed by atoms with E-state index in [4.69, 9.17) is 0 Å².